The fourth-order valence-corrected chi connectivity index (χ4v) is 4.33. The van der Waals surface area contributed by atoms with Crippen molar-refractivity contribution in [2.75, 3.05) is 12.0 Å². The van der Waals surface area contributed by atoms with E-state index in [1.165, 1.54) is 29.8 Å². The maximum absolute atomic E-state index is 12.9. The number of carbonyl (C=O) groups is 2. The average molecular weight is 468 g/mol. The molecule has 1 aliphatic heterocycles. The summed E-state index contributed by atoms with van der Waals surface area (Å²) in [5.74, 6) is -0.192. The second-order valence-electron chi connectivity index (χ2n) is 6.62. The molecule has 0 aliphatic carbocycles. The van der Waals surface area contributed by atoms with Crippen molar-refractivity contribution in [3.63, 3.8) is 0 Å². The molecule has 3 aromatic rings. The molecule has 4 rings (SSSR count). The number of methoxy groups -OCH3 is 1. The topological polar surface area (TPSA) is 89.2 Å². The van der Waals surface area contributed by atoms with E-state index in [1.54, 1.807) is 30.3 Å². The molecule has 2 heterocycles. The molecule has 0 bridgehead atoms. The van der Waals surface area contributed by atoms with Crippen LogP contribution < -0.4 is 14.4 Å². The van der Waals surface area contributed by atoms with Crippen LogP contribution in [0.25, 0.3) is 6.08 Å². The number of carboxylic acid groups (broad SMARTS) is 1. The van der Waals surface area contributed by atoms with Gasteiger partial charge in [-0.3, -0.25) is 9.69 Å². The number of carbonyl (C=O) groups excluding carboxylic acids is 1. The summed E-state index contributed by atoms with van der Waals surface area (Å²) in [6.45, 7) is 0.0404. The lowest BCUT2D eigenvalue weighted by molar-refractivity contribution is -0.113. The molecule has 162 valence electrons. The average Bonchev–Trinajstić information content (AvgIpc) is 3.38. The van der Waals surface area contributed by atoms with Gasteiger partial charge >= 0.3 is 5.97 Å². The third kappa shape index (κ3) is 4.53. The maximum atomic E-state index is 12.9. The Bertz CT molecular complexity index is 1220. The summed E-state index contributed by atoms with van der Waals surface area (Å²) in [5, 5.41) is 8.93. The summed E-state index contributed by atoms with van der Waals surface area (Å²) < 4.78 is 16.8. The van der Waals surface area contributed by atoms with Crippen molar-refractivity contribution in [2.24, 2.45) is 0 Å². The summed E-state index contributed by atoms with van der Waals surface area (Å²) in [6.07, 6.45) is 1.75. The molecular weight excluding hydrogens is 450 g/mol. The minimum Gasteiger partial charge on any atom is -0.493 e. The third-order valence-electron chi connectivity index (χ3n) is 4.54. The zero-order chi connectivity index (χ0) is 22.7. The predicted octanol–water partition coefficient (Wildman–Crippen LogP) is 4.97. The van der Waals surface area contributed by atoms with Crippen molar-refractivity contribution in [1.29, 1.82) is 0 Å². The number of thiocarbonyl (C=S) groups is 1. The summed E-state index contributed by atoms with van der Waals surface area (Å²) in [7, 11) is 1.51. The van der Waals surface area contributed by atoms with E-state index in [9.17, 15) is 9.59 Å². The van der Waals surface area contributed by atoms with Crippen molar-refractivity contribution >= 4 is 51.9 Å². The van der Waals surface area contributed by atoms with Crippen LogP contribution in [0.3, 0.4) is 0 Å². The lowest BCUT2D eigenvalue weighted by Gasteiger charge is -2.13. The molecule has 1 aromatic heterocycles. The number of carboxylic acids is 1. The molecule has 9 heteroatoms. The van der Waals surface area contributed by atoms with Crippen molar-refractivity contribution in [3.8, 4) is 11.5 Å². The van der Waals surface area contributed by atoms with Gasteiger partial charge in [-0.05, 0) is 48.0 Å². The Labute approximate surface area is 193 Å². The summed E-state index contributed by atoms with van der Waals surface area (Å²) in [4.78, 5) is 25.8. The molecule has 32 heavy (non-hydrogen) atoms. The number of hydrogen-bond donors (Lipinski definition) is 1. The van der Waals surface area contributed by atoms with E-state index in [0.717, 1.165) is 11.3 Å². The number of nitrogens with zero attached hydrogens (tertiary/aromatic N) is 1. The molecular formula is C23H17NO6S2. The standard InChI is InChI=1S/C23H17NO6S2/c1-28-19-11-14(7-9-17(19)29-13-16-8-10-18(30-16)22(26)27)12-20-21(25)24(23(31)32-20)15-5-3-2-4-6-15/h2-12H,13H2,1H3,(H,26,27)/b20-12-. The molecule has 1 amide bonds. The Morgan fingerprint density at radius 2 is 1.94 bits per heavy atom. The van der Waals surface area contributed by atoms with Crippen molar-refractivity contribution < 1.29 is 28.6 Å². The van der Waals surface area contributed by atoms with Gasteiger partial charge in [0.1, 0.15) is 12.4 Å². The van der Waals surface area contributed by atoms with Gasteiger partial charge in [-0.2, -0.15) is 0 Å². The Morgan fingerprint density at radius 3 is 2.62 bits per heavy atom. The smallest absolute Gasteiger partial charge is 0.371 e. The highest BCUT2D eigenvalue weighted by molar-refractivity contribution is 8.27. The summed E-state index contributed by atoms with van der Waals surface area (Å²) in [5.41, 5.74) is 1.47. The predicted molar refractivity (Wildman–Crippen MR) is 125 cm³/mol. The summed E-state index contributed by atoms with van der Waals surface area (Å²) in [6, 6.07) is 17.4. The van der Waals surface area contributed by atoms with Crippen LogP contribution in [0.4, 0.5) is 5.69 Å². The van der Waals surface area contributed by atoms with Crippen LogP contribution in [-0.4, -0.2) is 28.4 Å². The molecule has 1 fully saturated rings. The quantitative estimate of drug-likeness (QED) is 0.385. The number of ether oxygens (including phenoxy) is 2. The molecule has 1 saturated heterocycles. The van der Waals surface area contributed by atoms with Crippen LogP contribution in [0.2, 0.25) is 0 Å². The van der Waals surface area contributed by atoms with Gasteiger partial charge in [0.2, 0.25) is 5.76 Å². The minimum absolute atomic E-state index is 0.0404. The van der Waals surface area contributed by atoms with Gasteiger partial charge < -0.3 is 19.0 Å². The molecule has 0 spiro atoms. The van der Waals surface area contributed by atoms with Gasteiger partial charge in [-0.25, -0.2) is 4.79 Å². The van der Waals surface area contributed by atoms with Gasteiger partial charge in [0.15, 0.2) is 15.8 Å². The lowest BCUT2D eigenvalue weighted by atomic mass is 10.2. The Kier molecular flexibility index (Phi) is 6.29. The Hall–Kier alpha value is -3.56. The van der Waals surface area contributed by atoms with Crippen molar-refractivity contribution in [3.05, 3.63) is 82.7 Å². The normalized spacial score (nSPS) is 14.8. The molecule has 0 saturated carbocycles. The van der Waals surface area contributed by atoms with Crippen LogP contribution >= 0.6 is 24.0 Å². The molecule has 1 N–H and O–H groups in total. The second-order valence-corrected chi connectivity index (χ2v) is 8.30. The van der Waals surface area contributed by atoms with E-state index in [2.05, 4.69) is 0 Å². The number of hydrogen-bond acceptors (Lipinski definition) is 7. The fraction of sp³-hybridized carbons (Fsp3) is 0.0870. The van der Waals surface area contributed by atoms with Gasteiger partial charge in [0.05, 0.1) is 17.7 Å². The molecule has 2 aromatic carbocycles. The van der Waals surface area contributed by atoms with Crippen molar-refractivity contribution in [1.82, 2.24) is 0 Å². The first-order valence-electron chi connectivity index (χ1n) is 9.42. The van der Waals surface area contributed by atoms with Crippen LogP contribution in [-0.2, 0) is 11.4 Å². The number of aromatic carboxylic acids is 1. The van der Waals surface area contributed by atoms with Crippen molar-refractivity contribution in [2.45, 2.75) is 6.61 Å². The molecule has 0 radical (unpaired) electrons. The molecule has 7 nitrogen and oxygen atoms in total. The van der Waals surface area contributed by atoms with Gasteiger partial charge in [0.25, 0.3) is 5.91 Å². The number of thioether (sulfide) groups is 1. The monoisotopic (exact) mass is 467 g/mol. The van der Waals surface area contributed by atoms with Gasteiger partial charge in [0, 0.05) is 0 Å². The first-order chi connectivity index (χ1) is 15.5. The van der Waals surface area contributed by atoms with E-state index in [-0.39, 0.29) is 18.3 Å². The number of benzene rings is 2. The number of anilines is 1. The Morgan fingerprint density at radius 1 is 1.16 bits per heavy atom. The van der Waals surface area contributed by atoms with Crippen LogP contribution in [0.15, 0.2) is 70.0 Å². The van der Waals surface area contributed by atoms with E-state index in [4.69, 9.17) is 31.2 Å². The summed E-state index contributed by atoms with van der Waals surface area (Å²) >= 11 is 6.64. The molecule has 0 unspecified atom stereocenters. The first kappa shape index (κ1) is 21.7. The lowest BCUT2D eigenvalue weighted by Crippen LogP contribution is -2.27. The maximum Gasteiger partial charge on any atom is 0.371 e. The Balaban J connectivity index is 1.51. The van der Waals surface area contributed by atoms with Crippen LogP contribution in [0.5, 0.6) is 11.5 Å². The third-order valence-corrected chi connectivity index (χ3v) is 5.84. The first-order valence-corrected chi connectivity index (χ1v) is 10.6. The largest absolute Gasteiger partial charge is 0.493 e. The van der Waals surface area contributed by atoms with E-state index < -0.39 is 5.97 Å². The van der Waals surface area contributed by atoms with Gasteiger partial charge in [-0.15, -0.1) is 0 Å². The van der Waals surface area contributed by atoms with E-state index in [1.807, 2.05) is 30.3 Å². The second kappa shape index (κ2) is 9.29. The minimum atomic E-state index is -1.14. The number of furan rings is 1. The highest BCUT2D eigenvalue weighted by Gasteiger charge is 2.33. The van der Waals surface area contributed by atoms with E-state index >= 15 is 0 Å². The van der Waals surface area contributed by atoms with Crippen LogP contribution in [0, 0.1) is 0 Å². The zero-order valence-electron chi connectivity index (χ0n) is 16.8. The zero-order valence-corrected chi connectivity index (χ0v) is 18.4. The van der Waals surface area contributed by atoms with E-state index in [0.29, 0.717) is 26.5 Å². The van der Waals surface area contributed by atoms with Crippen LogP contribution in [0.1, 0.15) is 21.9 Å². The highest BCUT2D eigenvalue weighted by atomic mass is 32.2. The van der Waals surface area contributed by atoms with Gasteiger partial charge in [-0.1, -0.05) is 48.2 Å². The number of rotatable bonds is 7. The number of amides is 1. The molecule has 1 aliphatic rings. The molecule has 0 atom stereocenters. The number of para-hydroxylation sites is 1. The fourth-order valence-electron chi connectivity index (χ4n) is 3.03. The SMILES string of the molecule is COc1cc(/C=C2\SC(=S)N(c3ccccc3)C2=O)ccc1OCc1ccc(C(=O)O)o1. The highest BCUT2D eigenvalue weighted by Crippen LogP contribution is 2.37.